The lowest BCUT2D eigenvalue weighted by atomic mass is 9.92. The summed E-state index contributed by atoms with van der Waals surface area (Å²) in [6.07, 6.45) is 0. The quantitative estimate of drug-likeness (QED) is 0.220. The number of para-hydroxylation sites is 2. The van der Waals surface area contributed by atoms with Gasteiger partial charge in [0.15, 0.2) is 0 Å². The average Bonchev–Trinajstić information content (AvgIpc) is 3.50. The summed E-state index contributed by atoms with van der Waals surface area (Å²) in [7, 11) is 0. The normalized spacial score (nSPS) is 12.2. The molecular weight excluding hydrogens is 485 g/mol. The smallest absolute Gasteiger partial charge is 0.229 e. The van der Waals surface area contributed by atoms with Crippen LogP contribution in [0.15, 0.2) is 89.3 Å². The SMILES string of the molecule is CC(C)c1cccc(C(C)C)c1-n1c(-c2cccc3c2oc2nc(F)ccc23)nc2ccc3ccccc3c21. The molecule has 0 aliphatic carbocycles. The molecule has 7 aromatic rings. The summed E-state index contributed by atoms with van der Waals surface area (Å²) in [5, 5.41) is 3.97. The summed E-state index contributed by atoms with van der Waals surface area (Å²) in [5.41, 5.74) is 7.44. The summed E-state index contributed by atoms with van der Waals surface area (Å²) in [4.78, 5) is 9.28. The highest BCUT2D eigenvalue weighted by Gasteiger charge is 2.25. The van der Waals surface area contributed by atoms with Gasteiger partial charge < -0.3 is 4.42 Å². The molecule has 7 rings (SSSR count). The standard InChI is InChI=1S/C34H28FN3O/c1-19(2)22-11-7-12-23(20(3)4)30(22)38-31-24-10-6-5-9-21(24)15-17-28(31)36-33(38)27-14-8-13-25-26-16-18-29(35)37-34(26)39-32(25)27/h5-20H,1-4H3. The number of nitrogens with zero attached hydrogens (tertiary/aromatic N) is 3. The van der Waals surface area contributed by atoms with E-state index in [9.17, 15) is 4.39 Å². The van der Waals surface area contributed by atoms with E-state index in [4.69, 9.17) is 9.40 Å². The van der Waals surface area contributed by atoms with Crippen LogP contribution in [-0.2, 0) is 0 Å². The topological polar surface area (TPSA) is 43.9 Å². The Kier molecular flexibility index (Phi) is 5.31. The maximum atomic E-state index is 14.0. The van der Waals surface area contributed by atoms with E-state index in [0.29, 0.717) is 17.4 Å². The Morgan fingerprint density at radius 2 is 1.41 bits per heavy atom. The van der Waals surface area contributed by atoms with Crippen molar-refractivity contribution < 1.29 is 8.81 Å². The molecule has 0 aliphatic rings. The van der Waals surface area contributed by atoms with Crippen molar-refractivity contribution in [3.63, 3.8) is 0 Å². The second kappa shape index (κ2) is 8.77. The van der Waals surface area contributed by atoms with Crippen molar-refractivity contribution in [2.45, 2.75) is 39.5 Å². The summed E-state index contributed by atoms with van der Waals surface area (Å²) < 4.78 is 22.6. The van der Waals surface area contributed by atoms with Gasteiger partial charge in [0.1, 0.15) is 11.4 Å². The van der Waals surface area contributed by atoms with Gasteiger partial charge >= 0.3 is 0 Å². The molecule has 0 saturated carbocycles. The molecule has 0 radical (unpaired) electrons. The Morgan fingerprint density at radius 1 is 0.692 bits per heavy atom. The van der Waals surface area contributed by atoms with Gasteiger partial charge in [0.05, 0.1) is 22.3 Å². The molecule has 0 unspecified atom stereocenters. The molecule has 192 valence electrons. The third kappa shape index (κ3) is 3.57. The summed E-state index contributed by atoms with van der Waals surface area (Å²) in [6.45, 7) is 8.94. The highest BCUT2D eigenvalue weighted by molar-refractivity contribution is 6.10. The van der Waals surface area contributed by atoms with Crippen LogP contribution in [0.4, 0.5) is 4.39 Å². The lowest BCUT2D eigenvalue weighted by Gasteiger charge is -2.23. The third-order valence-electron chi connectivity index (χ3n) is 7.68. The van der Waals surface area contributed by atoms with Crippen LogP contribution >= 0.6 is 0 Å². The first-order valence-electron chi connectivity index (χ1n) is 13.4. The first-order chi connectivity index (χ1) is 18.9. The Morgan fingerprint density at radius 3 is 2.18 bits per heavy atom. The highest BCUT2D eigenvalue weighted by atomic mass is 19.1. The largest absolute Gasteiger partial charge is 0.437 e. The molecule has 0 bridgehead atoms. The number of imidazole rings is 1. The first kappa shape index (κ1) is 23.6. The summed E-state index contributed by atoms with van der Waals surface area (Å²) in [5.74, 6) is 0.831. The molecule has 0 saturated heterocycles. The lowest BCUT2D eigenvalue weighted by Crippen LogP contribution is -2.08. The number of hydrogen-bond donors (Lipinski definition) is 0. The number of rotatable bonds is 4. The second-order valence-corrected chi connectivity index (χ2v) is 10.8. The van der Waals surface area contributed by atoms with E-state index < -0.39 is 5.95 Å². The van der Waals surface area contributed by atoms with Crippen LogP contribution in [0.25, 0.3) is 61.0 Å². The van der Waals surface area contributed by atoms with Crippen LogP contribution in [0.2, 0.25) is 0 Å². The maximum absolute atomic E-state index is 14.0. The summed E-state index contributed by atoms with van der Waals surface area (Å²) >= 11 is 0. The number of benzene rings is 4. The molecule has 3 aromatic heterocycles. The zero-order valence-corrected chi connectivity index (χ0v) is 22.4. The van der Waals surface area contributed by atoms with Crippen molar-refractivity contribution in [3.8, 4) is 17.1 Å². The average molecular weight is 514 g/mol. The fraction of sp³-hybridized carbons (Fsp3) is 0.176. The van der Waals surface area contributed by atoms with Crippen molar-refractivity contribution >= 4 is 43.9 Å². The van der Waals surface area contributed by atoms with Crippen LogP contribution in [-0.4, -0.2) is 14.5 Å². The van der Waals surface area contributed by atoms with Gasteiger partial charge in [-0.1, -0.05) is 88.4 Å². The van der Waals surface area contributed by atoms with E-state index in [1.165, 1.54) is 17.2 Å². The van der Waals surface area contributed by atoms with Crippen molar-refractivity contribution in [3.05, 3.63) is 102 Å². The Bertz CT molecular complexity index is 2020. The molecular formula is C34H28FN3O. The van der Waals surface area contributed by atoms with E-state index in [-0.39, 0.29) is 5.71 Å². The molecule has 5 heteroatoms. The second-order valence-electron chi connectivity index (χ2n) is 10.8. The predicted octanol–water partition coefficient (Wildman–Crippen LogP) is 9.53. The van der Waals surface area contributed by atoms with Gasteiger partial charge in [-0.15, -0.1) is 0 Å². The lowest BCUT2D eigenvalue weighted by molar-refractivity contribution is 0.569. The van der Waals surface area contributed by atoms with Crippen LogP contribution < -0.4 is 0 Å². The van der Waals surface area contributed by atoms with Crippen LogP contribution in [0.5, 0.6) is 0 Å². The van der Waals surface area contributed by atoms with Gasteiger partial charge in [-0.25, -0.2) is 4.98 Å². The van der Waals surface area contributed by atoms with Crippen molar-refractivity contribution in [2.24, 2.45) is 0 Å². The molecule has 0 N–H and O–H groups in total. The van der Waals surface area contributed by atoms with E-state index in [0.717, 1.165) is 49.7 Å². The van der Waals surface area contributed by atoms with Crippen molar-refractivity contribution in [2.75, 3.05) is 0 Å². The maximum Gasteiger partial charge on any atom is 0.229 e. The first-order valence-corrected chi connectivity index (χ1v) is 13.4. The van der Waals surface area contributed by atoms with E-state index in [1.54, 1.807) is 6.07 Å². The van der Waals surface area contributed by atoms with Crippen LogP contribution in [0.3, 0.4) is 0 Å². The third-order valence-corrected chi connectivity index (χ3v) is 7.68. The van der Waals surface area contributed by atoms with Crippen molar-refractivity contribution in [1.29, 1.82) is 0 Å². The van der Waals surface area contributed by atoms with E-state index >= 15 is 0 Å². The van der Waals surface area contributed by atoms with Gasteiger partial charge in [0, 0.05) is 16.2 Å². The predicted molar refractivity (Wildman–Crippen MR) is 157 cm³/mol. The van der Waals surface area contributed by atoms with Gasteiger partial charge in [0.25, 0.3) is 0 Å². The minimum absolute atomic E-state index is 0.288. The molecule has 39 heavy (non-hydrogen) atoms. The number of halogens is 1. The van der Waals surface area contributed by atoms with Gasteiger partial charge in [0.2, 0.25) is 11.7 Å². The molecule has 4 aromatic carbocycles. The minimum Gasteiger partial charge on any atom is -0.437 e. The summed E-state index contributed by atoms with van der Waals surface area (Å²) in [6, 6.07) is 28.4. The Balaban J connectivity index is 1.69. The molecule has 0 aliphatic heterocycles. The number of fused-ring (bicyclic) bond motifs is 6. The minimum atomic E-state index is -0.561. The number of pyridine rings is 1. The molecule has 3 heterocycles. The highest BCUT2D eigenvalue weighted by Crippen LogP contribution is 2.42. The van der Waals surface area contributed by atoms with Gasteiger partial charge in [-0.3, -0.25) is 4.57 Å². The van der Waals surface area contributed by atoms with E-state index in [1.807, 2.05) is 18.2 Å². The molecule has 0 spiro atoms. The fourth-order valence-electron chi connectivity index (χ4n) is 5.84. The van der Waals surface area contributed by atoms with Gasteiger partial charge in [-0.05, 0) is 52.6 Å². The fourth-order valence-corrected chi connectivity index (χ4v) is 5.84. The van der Waals surface area contributed by atoms with Gasteiger partial charge in [-0.2, -0.15) is 9.37 Å². The van der Waals surface area contributed by atoms with Crippen LogP contribution in [0.1, 0.15) is 50.7 Å². The van der Waals surface area contributed by atoms with Crippen LogP contribution in [0, 0.1) is 5.95 Å². The zero-order chi connectivity index (χ0) is 26.8. The molecule has 0 fully saturated rings. The van der Waals surface area contributed by atoms with Crippen molar-refractivity contribution in [1.82, 2.24) is 14.5 Å². The molecule has 4 nitrogen and oxygen atoms in total. The van der Waals surface area contributed by atoms with E-state index in [2.05, 4.69) is 91.8 Å². The number of furan rings is 1. The molecule has 0 amide bonds. The number of aromatic nitrogens is 3. The molecule has 0 atom stereocenters. The Hall–Kier alpha value is -4.51. The zero-order valence-electron chi connectivity index (χ0n) is 22.4. The Labute approximate surface area is 225 Å². The monoisotopic (exact) mass is 513 g/mol. The number of hydrogen-bond acceptors (Lipinski definition) is 3.